The van der Waals surface area contributed by atoms with Gasteiger partial charge in [0, 0.05) is 49.3 Å². The molecule has 0 radical (unpaired) electrons. The van der Waals surface area contributed by atoms with Crippen molar-refractivity contribution in [2.24, 2.45) is 0 Å². The van der Waals surface area contributed by atoms with Crippen molar-refractivity contribution in [2.45, 2.75) is 13.0 Å². The Hall–Kier alpha value is -4.01. The third-order valence-electron chi connectivity index (χ3n) is 7.15. The van der Waals surface area contributed by atoms with Crippen molar-refractivity contribution in [3.63, 3.8) is 0 Å². The van der Waals surface area contributed by atoms with Crippen LogP contribution in [0.1, 0.15) is 17.0 Å². The number of likely N-dealkylation sites (N-methyl/N-ethyl adjacent to an activating group) is 1. The fourth-order valence-corrected chi connectivity index (χ4v) is 5.09. The molecule has 9 heteroatoms. The van der Waals surface area contributed by atoms with Crippen molar-refractivity contribution < 1.29 is 8.81 Å². The van der Waals surface area contributed by atoms with Crippen molar-refractivity contribution >= 4 is 28.2 Å². The summed E-state index contributed by atoms with van der Waals surface area (Å²) in [6.07, 6.45) is 2.17. The monoisotopic (exact) mass is 543 g/mol. The van der Waals surface area contributed by atoms with E-state index in [-0.39, 0.29) is 22.3 Å². The van der Waals surface area contributed by atoms with Crippen LogP contribution in [0.2, 0.25) is 5.02 Å². The van der Waals surface area contributed by atoms with Crippen molar-refractivity contribution in [3.05, 3.63) is 111 Å². The molecule has 1 aliphatic rings. The van der Waals surface area contributed by atoms with Crippen molar-refractivity contribution in [2.75, 3.05) is 38.1 Å². The molecule has 0 spiro atoms. The predicted molar refractivity (Wildman–Crippen MR) is 151 cm³/mol. The van der Waals surface area contributed by atoms with E-state index in [2.05, 4.69) is 22.1 Å². The first kappa shape index (κ1) is 25.3. The van der Waals surface area contributed by atoms with E-state index in [1.807, 2.05) is 64.1 Å². The van der Waals surface area contributed by atoms with Crippen LogP contribution in [0.4, 0.5) is 10.1 Å². The first-order valence-corrected chi connectivity index (χ1v) is 13.2. The highest BCUT2D eigenvalue weighted by atomic mass is 35.5. The van der Waals surface area contributed by atoms with E-state index in [1.54, 1.807) is 12.3 Å². The Morgan fingerprint density at radius 1 is 0.949 bits per heavy atom. The number of hydrogen-bond acceptors (Lipinski definition) is 6. The first-order chi connectivity index (χ1) is 18.9. The second kappa shape index (κ2) is 10.6. The SMILES string of the molecule is CN1CCN(c2cc3c(cc2F)c(=O)c(-c2nnc(Cc4ccccc4)o2)cn3Cc2ccc(Cl)cc2)CC1. The van der Waals surface area contributed by atoms with Gasteiger partial charge in [-0.3, -0.25) is 4.79 Å². The summed E-state index contributed by atoms with van der Waals surface area (Å²) in [7, 11) is 2.06. The van der Waals surface area contributed by atoms with Crippen LogP contribution in [0.3, 0.4) is 0 Å². The molecule has 1 aliphatic heterocycles. The lowest BCUT2D eigenvalue weighted by Crippen LogP contribution is -2.44. The number of rotatable bonds is 6. The molecule has 0 bridgehead atoms. The number of piperazine rings is 1. The smallest absolute Gasteiger partial charge is 0.253 e. The Labute approximate surface area is 230 Å². The van der Waals surface area contributed by atoms with Gasteiger partial charge in [0.2, 0.25) is 11.3 Å². The van der Waals surface area contributed by atoms with Crippen molar-refractivity contribution in [3.8, 4) is 11.5 Å². The zero-order chi connectivity index (χ0) is 26.9. The molecule has 0 amide bonds. The second-order valence-corrected chi connectivity index (χ2v) is 10.3. The minimum absolute atomic E-state index is 0.112. The molecular weight excluding hydrogens is 517 g/mol. The summed E-state index contributed by atoms with van der Waals surface area (Å²) in [5, 5.41) is 9.25. The van der Waals surface area contributed by atoms with E-state index in [4.69, 9.17) is 16.0 Å². The molecule has 0 unspecified atom stereocenters. The van der Waals surface area contributed by atoms with E-state index < -0.39 is 5.82 Å². The maximum Gasteiger partial charge on any atom is 0.253 e. The lowest BCUT2D eigenvalue weighted by molar-refractivity contribution is 0.312. The Balaban J connectivity index is 1.45. The van der Waals surface area contributed by atoms with Gasteiger partial charge in [-0.15, -0.1) is 10.2 Å². The van der Waals surface area contributed by atoms with Crippen LogP contribution in [-0.4, -0.2) is 52.9 Å². The standard InChI is InChI=1S/C30H27ClFN5O2/c1-35-11-13-36(14-12-35)27-17-26-23(16-25(27)32)29(38)24(19-37(26)18-21-7-9-22(31)10-8-21)30-34-33-28(39-30)15-20-5-3-2-4-6-20/h2-10,16-17,19H,11-15,18H2,1H3. The van der Waals surface area contributed by atoms with Crippen LogP contribution in [0.25, 0.3) is 22.4 Å². The molecule has 5 aromatic rings. The topological polar surface area (TPSA) is 67.4 Å². The van der Waals surface area contributed by atoms with Crippen LogP contribution in [-0.2, 0) is 13.0 Å². The molecule has 3 heterocycles. The van der Waals surface area contributed by atoms with Gasteiger partial charge in [-0.2, -0.15) is 0 Å². The molecule has 0 saturated carbocycles. The number of halogens is 2. The van der Waals surface area contributed by atoms with Crippen LogP contribution in [0.15, 0.2) is 82.1 Å². The Bertz CT molecular complexity index is 1680. The van der Waals surface area contributed by atoms with Crippen molar-refractivity contribution in [1.82, 2.24) is 19.7 Å². The highest BCUT2D eigenvalue weighted by Gasteiger charge is 2.22. The lowest BCUT2D eigenvalue weighted by Gasteiger charge is -2.34. The number of pyridine rings is 1. The Morgan fingerprint density at radius 3 is 2.44 bits per heavy atom. The fraction of sp³-hybridized carbons (Fsp3) is 0.233. The van der Waals surface area contributed by atoms with Crippen LogP contribution in [0, 0.1) is 5.82 Å². The second-order valence-electron chi connectivity index (χ2n) is 9.90. The molecule has 6 rings (SSSR count). The van der Waals surface area contributed by atoms with E-state index in [0.717, 1.165) is 24.2 Å². The van der Waals surface area contributed by atoms with Gasteiger partial charge in [0.1, 0.15) is 11.4 Å². The van der Waals surface area contributed by atoms with Gasteiger partial charge in [0.05, 0.1) is 17.6 Å². The summed E-state index contributed by atoms with van der Waals surface area (Å²) in [6, 6.07) is 20.4. The molecule has 0 atom stereocenters. The van der Waals surface area contributed by atoms with Crippen molar-refractivity contribution in [1.29, 1.82) is 0 Å². The van der Waals surface area contributed by atoms with Gasteiger partial charge < -0.3 is 18.8 Å². The summed E-state index contributed by atoms with van der Waals surface area (Å²) >= 11 is 6.10. The normalized spacial score (nSPS) is 14.3. The number of benzene rings is 3. The Kier molecular flexibility index (Phi) is 6.89. The van der Waals surface area contributed by atoms with Gasteiger partial charge in [-0.1, -0.05) is 54.1 Å². The molecule has 3 aromatic carbocycles. The van der Waals surface area contributed by atoms with E-state index in [1.165, 1.54) is 6.07 Å². The molecule has 7 nitrogen and oxygen atoms in total. The van der Waals surface area contributed by atoms with E-state index >= 15 is 4.39 Å². The first-order valence-electron chi connectivity index (χ1n) is 12.9. The number of nitrogens with zero attached hydrogens (tertiary/aromatic N) is 5. The van der Waals surface area contributed by atoms with Gasteiger partial charge in [-0.25, -0.2) is 4.39 Å². The molecule has 39 heavy (non-hydrogen) atoms. The fourth-order valence-electron chi connectivity index (χ4n) is 4.96. The Morgan fingerprint density at radius 2 is 1.69 bits per heavy atom. The molecule has 198 valence electrons. The molecular formula is C30H27ClFN5O2. The maximum absolute atomic E-state index is 15.5. The summed E-state index contributed by atoms with van der Waals surface area (Å²) in [5.74, 6) is 0.0902. The van der Waals surface area contributed by atoms with Gasteiger partial charge in [0.25, 0.3) is 5.89 Å². The number of aromatic nitrogens is 3. The maximum atomic E-state index is 15.5. The summed E-state index contributed by atoms with van der Waals surface area (Å²) < 4.78 is 23.4. The zero-order valence-corrected chi connectivity index (χ0v) is 22.2. The number of fused-ring (bicyclic) bond motifs is 1. The number of hydrogen-bond donors (Lipinski definition) is 0. The molecule has 1 saturated heterocycles. The van der Waals surface area contributed by atoms with Crippen LogP contribution >= 0.6 is 11.6 Å². The lowest BCUT2D eigenvalue weighted by atomic mass is 10.1. The van der Waals surface area contributed by atoms with Gasteiger partial charge in [-0.05, 0) is 42.4 Å². The zero-order valence-electron chi connectivity index (χ0n) is 21.5. The minimum Gasteiger partial charge on any atom is -0.420 e. The minimum atomic E-state index is -0.422. The molecule has 1 fully saturated rings. The van der Waals surface area contributed by atoms with E-state index in [0.29, 0.717) is 48.2 Å². The van der Waals surface area contributed by atoms with E-state index in [9.17, 15) is 4.79 Å². The quantitative estimate of drug-likeness (QED) is 0.292. The average molecular weight is 544 g/mol. The highest BCUT2D eigenvalue weighted by molar-refractivity contribution is 6.30. The predicted octanol–water partition coefficient (Wildman–Crippen LogP) is 5.23. The van der Waals surface area contributed by atoms with Crippen LogP contribution in [0.5, 0.6) is 0 Å². The third-order valence-corrected chi connectivity index (χ3v) is 7.41. The largest absolute Gasteiger partial charge is 0.420 e. The van der Waals surface area contributed by atoms with Gasteiger partial charge >= 0.3 is 0 Å². The summed E-state index contributed by atoms with van der Waals surface area (Å²) in [5.41, 5.74) is 3.01. The average Bonchev–Trinajstić information content (AvgIpc) is 3.40. The van der Waals surface area contributed by atoms with Crippen LogP contribution < -0.4 is 10.3 Å². The summed E-state index contributed by atoms with van der Waals surface area (Å²) in [4.78, 5) is 17.9. The summed E-state index contributed by atoms with van der Waals surface area (Å²) in [6.45, 7) is 3.56. The molecule has 0 aliphatic carbocycles. The molecule has 0 N–H and O–H groups in total. The number of anilines is 1. The third kappa shape index (κ3) is 5.30. The highest BCUT2D eigenvalue weighted by Crippen LogP contribution is 2.28. The van der Waals surface area contributed by atoms with Gasteiger partial charge in [0.15, 0.2) is 0 Å². The molecule has 2 aromatic heterocycles.